The van der Waals surface area contributed by atoms with Crippen molar-refractivity contribution in [2.24, 2.45) is 0 Å². The number of nitrogens with zero attached hydrogens (tertiary/aromatic N) is 2. The molecule has 0 bridgehead atoms. The number of hydrogen-bond donors (Lipinski definition) is 1. The van der Waals surface area contributed by atoms with Crippen LogP contribution in [0.15, 0.2) is 49.1 Å². The van der Waals surface area contributed by atoms with Crippen molar-refractivity contribution in [1.82, 2.24) is 14.9 Å². The number of rotatable bonds is 10. The molecule has 1 aromatic heterocycles. The van der Waals surface area contributed by atoms with Crippen LogP contribution in [-0.2, 0) is 13.1 Å². The van der Waals surface area contributed by atoms with Crippen molar-refractivity contribution in [3.05, 3.63) is 54.6 Å². The molecule has 0 aliphatic heterocycles. The van der Waals surface area contributed by atoms with Crippen LogP contribution in [0.3, 0.4) is 0 Å². The Morgan fingerprint density at radius 3 is 2.91 bits per heavy atom. The molecule has 2 rings (SSSR count). The number of imidazole rings is 1. The van der Waals surface area contributed by atoms with Gasteiger partial charge in [-0.15, -0.1) is 0 Å². The standard InChI is InChI=1S/C18H25N3O2/c1-15(2)13-23-17-6-5-16(11-18(17)22-3)12-19-7-4-9-21-10-8-20-14-21/h5-6,8,10-11,14,19H,1,4,7,9,12-13H2,2-3H3. The summed E-state index contributed by atoms with van der Waals surface area (Å²) in [5.41, 5.74) is 2.16. The molecular formula is C18H25N3O2. The van der Waals surface area contributed by atoms with Crippen molar-refractivity contribution in [1.29, 1.82) is 0 Å². The summed E-state index contributed by atoms with van der Waals surface area (Å²) in [7, 11) is 1.66. The summed E-state index contributed by atoms with van der Waals surface area (Å²) in [5, 5.41) is 3.44. The van der Waals surface area contributed by atoms with Gasteiger partial charge >= 0.3 is 0 Å². The summed E-state index contributed by atoms with van der Waals surface area (Å²) in [6.45, 7) is 9.01. The second-order valence-corrected chi connectivity index (χ2v) is 5.56. The maximum absolute atomic E-state index is 5.68. The molecule has 0 spiro atoms. The monoisotopic (exact) mass is 315 g/mol. The van der Waals surface area contributed by atoms with Gasteiger partial charge in [-0.05, 0) is 43.2 Å². The van der Waals surface area contributed by atoms with Gasteiger partial charge in [-0.3, -0.25) is 0 Å². The molecule has 23 heavy (non-hydrogen) atoms. The topological polar surface area (TPSA) is 48.3 Å². The van der Waals surface area contributed by atoms with Crippen LogP contribution in [0.2, 0.25) is 0 Å². The van der Waals surface area contributed by atoms with Crippen LogP contribution in [-0.4, -0.2) is 29.8 Å². The average Bonchev–Trinajstić information content (AvgIpc) is 3.06. The van der Waals surface area contributed by atoms with Gasteiger partial charge in [0.05, 0.1) is 13.4 Å². The summed E-state index contributed by atoms with van der Waals surface area (Å²) in [5.74, 6) is 1.50. The molecule has 124 valence electrons. The fraction of sp³-hybridized carbons (Fsp3) is 0.389. The zero-order valence-electron chi connectivity index (χ0n) is 13.9. The van der Waals surface area contributed by atoms with E-state index in [1.54, 1.807) is 13.3 Å². The Bertz CT molecular complexity index is 609. The minimum absolute atomic E-state index is 0.502. The van der Waals surface area contributed by atoms with Crippen LogP contribution in [0.25, 0.3) is 0 Å². The van der Waals surface area contributed by atoms with Crippen LogP contribution in [0.5, 0.6) is 11.5 Å². The molecule has 0 aliphatic rings. The molecule has 0 aliphatic carbocycles. The first-order valence-corrected chi connectivity index (χ1v) is 7.79. The van der Waals surface area contributed by atoms with E-state index in [1.165, 1.54) is 5.56 Å². The number of ether oxygens (including phenoxy) is 2. The van der Waals surface area contributed by atoms with Crippen LogP contribution < -0.4 is 14.8 Å². The highest BCUT2D eigenvalue weighted by Gasteiger charge is 2.06. The summed E-state index contributed by atoms with van der Waals surface area (Å²) in [6.07, 6.45) is 6.69. The molecule has 0 atom stereocenters. The molecule has 1 N–H and O–H groups in total. The third-order valence-electron chi connectivity index (χ3n) is 3.36. The van der Waals surface area contributed by atoms with E-state index >= 15 is 0 Å². The number of methoxy groups -OCH3 is 1. The van der Waals surface area contributed by atoms with E-state index in [0.717, 1.165) is 43.1 Å². The second kappa shape index (κ2) is 9.00. The van der Waals surface area contributed by atoms with Crippen LogP contribution in [0.4, 0.5) is 0 Å². The van der Waals surface area contributed by atoms with Crippen molar-refractivity contribution in [3.63, 3.8) is 0 Å². The largest absolute Gasteiger partial charge is 0.493 e. The minimum Gasteiger partial charge on any atom is -0.493 e. The van der Waals surface area contributed by atoms with Crippen molar-refractivity contribution >= 4 is 0 Å². The number of aryl methyl sites for hydroxylation is 1. The molecule has 0 unspecified atom stereocenters. The Balaban J connectivity index is 1.77. The van der Waals surface area contributed by atoms with Crippen molar-refractivity contribution < 1.29 is 9.47 Å². The van der Waals surface area contributed by atoms with E-state index in [1.807, 2.05) is 31.6 Å². The smallest absolute Gasteiger partial charge is 0.161 e. The molecule has 0 fully saturated rings. The van der Waals surface area contributed by atoms with Gasteiger partial charge in [0.25, 0.3) is 0 Å². The number of nitrogens with one attached hydrogen (secondary N) is 1. The van der Waals surface area contributed by atoms with Crippen molar-refractivity contribution in [2.75, 3.05) is 20.3 Å². The Kier molecular flexibility index (Phi) is 6.69. The molecule has 1 aromatic carbocycles. The molecule has 2 aromatic rings. The third kappa shape index (κ3) is 5.79. The SMILES string of the molecule is C=C(C)COc1ccc(CNCCCn2ccnc2)cc1OC. The van der Waals surface area contributed by atoms with Crippen LogP contribution in [0.1, 0.15) is 18.9 Å². The first-order chi connectivity index (χ1) is 11.2. The van der Waals surface area contributed by atoms with Gasteiger partial charge in [-0.25, -0.2) is 4.98 Å². The normalized spacial score (nSPS) is 10.5. The molecule has 1 heterocycles. The van der Waals surface area contributed by atoms with Gasteiger partial charge in [0.15, 0.2) is 11.5 Å². The second-order valence-electron chi connectivity index (χ2n) is 5.56. The fourth-order valence-corrected chi connectivity index (χ4v) is 2.18. The van der Waals surface area contributed by atoms with Crippen molar-refractivity contribution in [2.45, 2.75) is 26.4 Å². The lowest BCUT2D eigenvalue weighted by molar-refractivity contribution is 0.319. The lowest BCUT2D eigenvalue weighted by Crippen LogP contribution is -2.16. The predicted octanol–water partition coefficient (Wildman–Crippen LogP) is 3.03. The first-order valence-electron chi connectivity index (χ1n) is 7.79. The number of aromatic nitrogens is 2. The van der Waals surface area contributed by atoms with Crippen molar-refractivity contribution in [3.8, 4) is 11.5 Å². The van der Waals surface area contributed by atoms with Gasteiger partial charge < -0.3 is 19.4 Å². The Hall–Kier alpha value is -2.27. The Morgan fingerprint density at radius 2 is 2.22 bits per heavy atom. The maximum Gasteiger partial charge on any atom is 0.161 e. The lowest BCUT2D eigenvalue weighted by Gasteiger charge is -2.12. The lowest BCUT2D eigenvalue weighted by atomic mass is 10.2. The fourth-order valence-electron chi connectivity index (χ4n) is 2.18. The minimum atomic E-state index is 0.502. The summed E-state index contributed by atoms with van der Waals surface area (Å²) >= 11 is 0. The Labute approximate surface area is 137 Å². The highest BCUT2D eigenvalue weighted by Crippen LogP contribution is 2.28. The highest BCUT2D eigenvalue weighted by molar-refractivity contribution is 5.43. The van der Waals surface area contributed by atoms with E-state index in [-0.39, 0.29) is 0 Å². The molecule has 0 amide bonds. The maximum atomic E-state index is 5.68. The molecule has 5 heteroatoms. The number of hydrogen-bond acceptors (Lipinski definition) is 4. The third-order valence-corrected chi connectivity index (χ3v) is 3.36. The molecular weight excluding hydrogens is 290 g/mol. The average molecular weight is 315 g/mol. The molecule has 5 nitrogen and oxygen atoms in total. The van der Waals surface area contributed by atoms with E-state index in [9.17, 15) is 0 Å². The van der Waals surface area contributed by atoms with E-state index in [4.69, 9.17) is 9.47 Å². The highest BCUT2D eigenvalue weighted by atomic mass is 16.5. The zero-order chi connectivity index (χ0) is 16.5. The van der Waals surface area contributed by atoms with Gasteiger partial charge in [-0.1, -0.05) is 12.6 Å². The molecule has 0 radical (unpaired) electrons. The van der Waals surface area contributed by atoms with Crippen LogP contribution in [0, 0.1) is 0 Å². The van der Waals surface area contributed by atoms with E-state index in [2.05, 4.69) is 27.5 Å². The predicted molar refractivity (Wildman–Crippen MR) is 91.9 cm³/mol. The van der Waals surface area contributed by atoms with Gasteiger partial charge in [0.1, 0.15) is 6.61 Å². The summed E-state index contributed by atoms with van der Waals surface area (Å²) < 4.78 is 13.2. The summed E-state index contributed by atoms with van der Waals surface area (Å²) in [6, 6.07) is 6.01. The van der Waals surface area contributed by atoms with E-state index < -0.39 is 0 Å². The zero-order valence-corrected chi connectivity index (χ0v) is 13.9. The van der Waals surface area contributed by atoms with Gasteiger partial charge in [-0.2, -0.15) is 0 Å². The van der Waals surface area contributed by atoms with Gasteiger partial charge in [0, 0.05) is 25.5 Å². The quantitative estimate of drug-likeness (QED) is 0.541. The van der Waals surface area contributed by atoms with E-state index in [0.29, 0.717) is 6.61 Å². The molecule has 0 saturated heterocycles. The van der Waals surface area contributed by atoms with Gasteiger partial charge in [0.2, 0.25) is 0 Å². The Morgan fingerprint density at radius 1 is 1.35 bits per heavy atom. The first kappa shape index (κ1) is 17.1. The molecule has 0 saturated carbocycles. The summed E-state index contributed by atoms with van der Waals surface area (Å²) in [4.78, 5) is 4.03. The van der Waals surface area contributed by atoms with Crippen LogP contribution >= 0.6 is 0 Å². The number of benzene rings is 1.